The maximum absolute atomic E-state index is 12.4. The Morgan fingerprint density at radius 3 is 2.62 bits per heavy atom. The monoisotopic (exact) mass is 248 g/mol. The minimum absolute atomic E-state index is 0.145. The molecule has 0 saturated heterocycles. The van der Waals surface area contributed by atoms with Crippen LogP contribution in [0.5, 0.6) is 0 Å². The third-order valence-electron chi connectivity index (χ3n) is 1.97. The van der Waals surface area contributed by atoms with Crippen LogP contribution in [0.25, 0.3) is 0 Å². The third kappa shape index (κ3) is 4.06. The molecule has 0 spiro atoms. The molecule has 0 fully saturated rings. The van der Waals surface area contributed by atoms with Crippen LogP contribution in [0, 0.1) is 0 Å². The molecule has 2 nitrogen and oxygen atoms in total. The number of rotatable bonds is 3. The van der Waals surface area contributed by atoms with E-state index in [1.807, 2.05) is 0 Å². The van der Waals surface area contributed by atoms with Crippen LogP contribution >= 0.6 is 12.2 Å². The highest BCUT2D eigenvalue weighted by molar-refractivity contribution is 7.80. The van der Waals surface area contributed by atoms with Gasteiger partial charge >= 0.3 is 6.18 Å². The van der Waals surface area contributed by atoms with Crippen LogP contribution < -0.4 is 11.1 Å². The molecule has 0 saturated carbocycles. The second kappa shape index (κ2) is 5.16. The van der Waals surface area contributed by atoms with Gasteiger partial charge in [0.1, 0.15) is 0 Å². The van der Waals surface area contributed by atoms with E-state index < -0.39 is 11.7 Å². The Morgan fingerprint density at radius 2 is 2.06 bits per heavy atom. The largest absolute Gasteiger partial charge is 0.416 e. The Hall–Kier alpha value is -1.30. The molecule has 16 heavy (non-hydrogen) atoms. The summed E-state index contributed by atoms with van der Waals surface area (Å²) in [6, 6.07) is 5.20. The fraction of sp³-hybridized carbons (Fsp3) is 0.300. The molecule has 0 aromatic heterocycles. The van der Waals surface area contributed by atoms with Gasteiger partial charge in [-0.05, 0) is 30.3 Å². The molecule has 1 aromatic rings. The molecule has 88 valence electrons. The van der Waals surface area contributed by atoms with Crippen molar-refractivity contribution in [2.75, 3.05) is 6.54 Å². The number of nitrogens with one attached hydrogen (secondary N) is 1. The molecular weight excluding hydrogens is 237 g/mol. The SMILES string of the molecule is NC(=S)NCCc1cccc(C(F)(F)F)c1. The number of hydrogen-bond acceptors (Lipinski definition) is 1. The van der Waals surface area contributed by atoms with Gasteiger partial charge in [-0.25, -0.2) is 0 Å². The zero-order valence-electron chi connectivity index (χ0n) is 8.34. The van der Waals surface area contributed by atoms with Gasteiger partial charge in [0.2, 0.25) is 0 Å². The first-order valence-electron chi connectivity index (χ1n) is 4.59. The Bertz CT molecular complexity index is 377. The maximum atomic E-state index is 12.4. The molecule has 0 aliphatic heterocycles. The first-order valence-corrected chi connectivity index (χ1v) is 5.00. The predicted molar refractivity (Wildman–Crippen MR) is 59.9 cm³/mol. The van der Waals surface area contributed by atoms with E-state index in [9.17, 15) is 13.2 Å². The van der Waals surface area contributed by atoms with Gasteiger partial charge in [-0.2, -0.15) is 13.2 Å². The molecule has 0 amide bonds. The molecule has 6 heteroatoms. The van der Waals surface area contributed by atoms with Crippen molar-refractivity contribution in [2.45, 2.75) is 12.6 Å². The number of thiocarbonyl (C=S) groups is 1. The number of alkyl halides is 3. The molecule has 0 unspecified atom stereocenters. The second-order valence-corrected chi connectivity index (χ2v) is 3.68. The fourth-order valence-electron chi connectivity index (χ4n) is 1.23. The minimum atomic E-state index is -4.30. The van der Waals surface area contributed by atoms with Crippen LogP contribution in [0.4, 0.5) is 13.2 Å². The molecule has 0 aliphatic rings. The summed E-state index contributed by atoms with van der Waals surface area (Å²) in [6.07, 6.45) is -3.85. The van der Waals surface area contributed by atoms with Gasteiger partial charge < -0.3 is 11.1 Å². The van der Waals surface area contributed by atoms with Crippen molar-refractivity contribution in [1.82, 2.24) is 5.32 Å². The summed E-state index contributed by atoms with van der Waals surface area (Å²) in [6.45, 7) is 0.427. The average molecular weight is 248 g/mol. The normalized spacial score (nSPS) is 11.2. The number of halogens is 3. The zero-order chi connectivity index (χ0) is 12.2. The van der Waals surface area contributed by atoms with Gasteiger partial charge in [-0.1, -0.05) is 18.2 Å². The third-order valence-corrected chi connectivity index (χ3v) is 2.11. The Morgan fingerprint density at radius 1 is 1.38 bits per heavy atom. The highest BCUT2D eigenvalue weighted by Gasteiger charge is 2.30. The van der Waals surface area contributed by atoms with Crippen molar-refractivity contribution in [3.63, 3.8) is 0 Å². The number of hydrogen-bond donors (Lipinski definition) is 2. The van der Waals surface area contributed by atoms with Gasteiger partial charge in [-0.3, -0.25) is 0 Å². The van der Waals surface area contributed by atoms with Crippen LogP contribution in [-0.2, 0) is 12.6 Å². The van der Waals surface area contributed by atoms with E-state index in [1.54, 1.807) is 6.07 Å². The van der Waals surface area contributed by atoms with Gasteiger partial charge in [0.15, 0.2) is 5.11 Å². The van der Waals surface area contributed by atoms with E-state index in [-0.39, 0.29) is 5.11 Å². The summed E-state index contributed by atoms with van der Waals surface area (Å²) in [5, 5.41) is 2.83. The standard InChI is InChI=1S/C10H11F3N2S/c11-10(12,13)8-3-1-2-7(6-8)4-5-15-9(14)16/h1-3,6H,4-5H2,(H3,14,15,16). The van der Waals surface area contributed by atoms with Crippen molar-refractivity contribution >= 4 is 17.3 Å². The summed E-state index contributed by atoms with van der Waals surface area (Å²) < 4.78 is 37.1. The van der Waals surface area contributed by atoms with Gasteiger partial charge in [0, 0.05) is 6.54 Å². The Kier molecular flexibility index (Phi) is 4.12. The Balaban J connectivity index is 2.64. The lowest BCUT2D eigenvalue weighted by Gasteiger charge is -2.09. The van der Waals surface area contributed by atoms with Crippen LogP contribution in [0.3, 0.4) is 0 Å². The molecule has 1 aromatic carbocycles. The lowest BCUT2D eigenvalue weighted by Crippen LogP contribution is -2.30. The van der Waals surface area contributed by atoms with E-state index in [2.05, 4.69) is 17.5 Å². The van der Waals surface area contributed by atoms with Crippen LogP contribution in [0.15, 0.2) is 24.3 Å². The van der Waals surface area contributed by atoms with E-state index >= 15 is 0 Å². The molecule has 0 aliphatic carbocycles. The predicted octanol–water partition coefficient (Wildman–Crippen LogP) is 2.08. The second-order valence-electron chi connectivity index (χ2n) is 3.24. The lowest BCUT2D eigenvalue weighted by molar-refractivity contribution is -0.137. The van der Waals surface area contributed by atoms with Gasteiger partial charge in [-0.15, -0.1) is 0 Å². The molecule has 0 atom stereocenters. The van der Waals surface area contributed by atoms with E-state index in [0.29, 0.717) is 18.5 Å². The van der Waals surface area contributed by atoms with Gasteiger partial charge in [0.25, 0.3) is 0 Å². The number of benzene rings is 1. The van der Waals surface area contributed by atoms with E-state index in [4.69, 9.17) is 5.73 Å². The first-order chi connectivity index (χ1) is 7.39. The minimum Gasteiger partial charge on any atom is -0.376 e. The van der Waals surface area contributed by atoms with Crippen LogP contribution in [0.1, 0.15) is 11.1 Å². The summed E-state index contributed by atoms with van der Waals surface area (Å²) >= 11 is 4.58. The molecule has 0 heterocycles. The van der Waals surface area contributed by atoms with Crippen molar-refractivity contribution in [3.8, 4) is 0 Å². The number of nitrogens with two attached hydrogens (primary N) is 1. The summed E-state index contributed by atoms with van der Waals surface area (Å²) in [5.41, 5.74) is 5.15. The highest BCUT2D eigenvalue weighted by Crippen LogP contribution is 2.29. The summed E-state index contributed by atoms with van der Waals surface area (Å²) in [7, 11) is 0. The molecule has 1 rings (SSSR count). The van der Waals surface area contributed by atoms with Crippen LogP contribution in [-0.4, -0.2) is 11.7 Å². The average Bonchev–Trinajstić information content (AvgIpc) is 2.16. The van der Waals surface area contributed by atoms with Crippen molar-refractivity contribution in [1.29, 1.82) is 0 Å². The molecule has 3 N–H and O–H groups in total. The summed E-state index contributed by atoms with van der Waals surface area (Å²) in [4.78, 5) is 0. The van der Waals surface area contributed by atoms with Gasteiger partial charge in [0.05, 0.1) is 5.56 Å². The zero-order valence-corrected chi connectivity index (χ0v) is 9.16. The highest BCUT2D eigenvalue weighted by atomic mass is 32.1. The molecule has 0 bridgehead atoms. The van der Waals surface area contributed by atoms with E-state index in [0.717, 1.165) is 12.1 Å². The smallest absolute Gasteiger partial charge is 0.376 e. The topological polar surface area (TPSA) is 38.0 Å². The van der Waals surface area contributed by atoms with Crippen molar-refractivity contribution in [2.24, 2.45) is 5.73 Å². The summed E-state index contributed by atoms with van der Waals surface area (Å²) in [5.74, 6) is 0. The quantitative estimate of drug-likeness (QED) is 0.804. The fourth-order valence-corrected chi connectivity index (χ4v) is 1.34. The Labute approximate surface area is 96.6 Å². The van der Waals surface area contributed by atoms with Crippen molar-refractivity contribution in [3.05, 3.63) is 35.4 Å². The maximum Gasteiger partial charge on any atom is 0.416 e. The van der Waals surface area contributed by atoms with Crippen molar-refractivity contribution < 1.29 is 13.2 Å². The first kappa shape index (κ1) is 12.8. The molecular formula is C10H11F3N2S. The van der Waals surface area contributed by atoms with Crippen LogP contribution in [0.2, 0.25) is 0 Å². The molecule has 0 radical (unpaired) electrons. The lowest BCUT2D eigenvalue weighted by atomic mass is 10.1. The van der Waals surface area contributed by atoms with E-state index in [1.165, 1.54) is 6.07 Å².